The molecule has 0 bridgehead atoms. The summed E-state index contributed by atoms with van der Waals surface area (Å²) in [6.07, 6.45) is -1.44. The Hall–Kier alpha value is -0.600. The van der Waals surface area contributed by atoms with Gasteiger partial charge in [-0.25, -0.2) is 4.79 Å². The molecule has 1 amide bonds. The molecule has 0 aliphatic heterocycles. The number of carbonyl (C=O) groups is 1. The minimum absolute atomic E-state index is 0.101. The number of hydrogen-bond donors (Lipinski definition) is 1. The van der Waals surface area contributed by atoms with Crippen LogP contribution in [0.15, 0.2) is 0 Å². The zero-order chi connectivity index (χ0) is 9.94. The molecule has 0 aliphatic carbocycles. The summed E-state index contributed by atoms with van der Waals surface area (Å²) in [6, 6.07) is -0.116. The van der Waals surface area contributed by atoms with Crippen molar-refractivity contribution < 1.29 is 9.18 Å². The van der Waals surface area contributed by atoms with E-state index < -0.39 is 6.16 Å². The van der Waals surface area contributed by atoms with Gasteiger partial charge in [-0.05, 0) is 11.3 Å². The predicted molar refractivity (Wildman–Crippen MR) is 47.7 cm³/mol. The number of carbonyl (C=O) groups excluding carboxylic acids is 1. The van der Waals surface area contributed by atoms with Gasteiger partial charge < -0.3 is 5.32 Å². The van der Waals surface area contributed by atoms with E-state index in [1.165, 1.54) is 0 Å². The largest absolute Gasteiger partial charge is 0.397 e. The van der Waals surface area contributed by atoms with Crippen LogP contribution in [0, 0.1) is 11.3 Å². The van der Waals surface area contributed by atoms with Crippen molar-refractivity contribution in [2.45, 2.75) is 40.7 Å². The van der Waals surface area contributed by atoms with Crippen LogP contribution in [0.2, 0.25) is 0 Å². The molecule has 0 aliphatic rings. The molecule has 0 aromatic rings. The Morgan fingerprint density at radius 3 is 1.83 bits per heavy atom. The van der Waals surface area contributed by atoms with Crippen molar-refractivity contribution >= 4 is 6.16 Å². The number of nitrogens with one attached hydrogen (secondary N) is 1. The predicted octanol–water partition coefficient (Wildman–Crippen LogP) is 2.74. The fraction of sp³-hybridized carbons (Fsp3) is 0.889. The van der Waals surface area contributed by atoms with Crippen molar-refractivity contribution in [2.75, 3.05) is 0 Å². The molecule has 0 radical (unpaired) electrons. The molecule has 1 atom stereocenters. The molecule has 0 aromatic heterocycles. The number of rotatable bonds is 2. The fourth-order valence-electron chi connectivity index (χ4n) is 1.51. The fourth-order valence-corrected chi connectivity index (χ4v) is 1.51. The summed E-state index contributed by atoms with van der Waals surface area (Å²) in [5, 5.41) is 2.31. The average molecular weight is 175 g/mol. The molecule has 0 fully saturated rings. The molecule has 0 spiro atoms. The highest BCUT2D eigenvalue weighted by atomic mass is 19.1. The van der Waals surface area contributed by atoms with Gasteiger partial charge in [-0.1, -0.05) is 34.6 Å². The van der Waals surface area contributed by atoms with Gasteiger partial charge in [-0.2, -0.15) is 0 Å². The second-order valence-electron chi connectivity index (χ2n) is 4.51. The molecule has 0 saturated heterocycles. The van der Waals surface area contributed by atoms with Gasteiger partial charge in [0, 0.05) is 6.04 Å². The van der Waals surface area contributed by atoms with Crippen LogP contribution >= 0.6 is 0 Å². The van der Waals surface area contributed by atoms with E-state index in [-0.39, 0.29) is 17.4 Å². The van der Waals surface area contributed by atoms with Crippen molar-refractivity contribution in [3.63, 3.8) is 0 Å². The van der Waals surface area contributed by atoms with E-state index in [1.807, 2.05) is 34.6 Å². The van der Waals surface area contributed by atoms with Crippen LogP contribution in [-0.2, 0) is 0 Å². The SMILES string of the molecule is CC(C)C(NC(=O)F)C(C)(C)C. The molecule has 72 valence electrons. The summed E-state index contributed by atoms with van der Waals surface area (Å²) >= 11 is 0. The number of halogens is 1. The van der Waals surface area contributed by atoms with Crippen LogP contribution < -0.4 is 5.32 Å². The topological polar surface area (TPSA) is 29.1 Å². The van der Waals surface area contributed by atoms with Gasteiger partial charge >= 0.3 is 6.16 Å². The van der Waals surface area contributed by atoms with Gasteiger partial charge in [0.05, 0.1) is 0 Å². The third-order valence-corrected chi connectivity index (χ3v) is 1.87. The first-order valence-corrected chi connectivity index (χ1v) is 4.21. The first-order chi connectivity index (χ1) is 5.25. The van der Waals surface area contributed by atoms with Crippen LogP contribution in [0.5, 0.6) is 0 Å². The Bertz CT molecular complexity index is 160. The zero-order valence-corrected chi connectivity index (χ0v) is 8.44. The lowest BCUT2D eigenvalue weighted by Crippen LogP contribution is -2.45. The first-order valence-electron chi connectivity index (χ1n) is 4.21. The van der Waals surface area contributed by atoms with Crippen molar-refractivity contribution in [1.29, 1.82) is 0 Å². The van der Waals surface area contributed by atoms with Gasteiger partial charge in [0.1, 0.15) is 0 Å². The van der Waals surface area contributed by atoms with Crippen molar-refractivity contribution in [1.82, 2.24) is 5.32 Å². The van der Waals surface area contributed by atoms with Crippen LogP contribution in [0.1, 0.15) is 34.6 Å². The second kappa shape index (κ2) is 3.87. The van der Waals surface area contributed by atoms with Crippen LogP contribution in [0.3, 0.4) is 0 Å². The molecule has 1 N–H and O–H groups in total. The minimum atomic E-state index is -1.44. The highest BCUT2D eigenvalue weighted by Gasteiger charge is 2.28. The molecule has 0 aromatic carbocycles. The standard InChI is InChI=1S/C9H18FNO/c1-6(2)7(9(3,4)5)11-8(10)12/h6-7H,1-5H3,(H,11,12). The van der Waals surface area contributed by atoms with Crippen LogP contribution in [-0.4, -0.2) is 12.2 Å². The van der Waals surface area contributed by atoms with Gasteiger partial charge in [-0.15, -0.1) is 4.39 Å². The molecule has 0 saturated carbocycles. The third-order valence-electron chi connectivity index (χ3n) is 1.87. The van der Waals surface area contributed by atoms with E-state index in [0.717, 1.165) is 0 Å². The second-order valence-corrected chi connectivity index (χ2v) is 4.51. The highest BCUT2D eigenvalue weighted by Crippen LogP contribution is 2.24. The molecule has 0 rings (SSSR count). The molecular formula is C9H18FNO. The monoisotopic (exact) mass is 175 g/mol. The number of hydrogen-bond acceptors (Lipinski definition) is 1. The normalized spacial score (nSPS) is 14.6. The summed E-state index contributed by atoms with van der Waals surface area (Å²) in [5.41, 5.74) is -0.101. The Morgan fingerprint density at radius 2 is 1.75 bits per heavy atom. The van der Waals surface area contributed by atoms with Crippen LogP contribution in [0.25, 0.3) is 0 Å². The average Bonchev–Trinajstić information content (AvgIpc) is 1.79. The lowest BCUT2D eigenvalue weighted by molar-refractivity contribution is 0.180. The lowest BCUT2D eigenvalue weighted by atomic mass is 9.80. The summed E-state index contributed by atoms with van der Waals surface area (Å²) < 4.78 is 12.1. The van der Waals surface area contributed by atoms with Gasteiger partial charge in [-0.3, -0.25) is 0 Å². The summed E-state index contributed by atoms with van der Waals surface area (Å²) in [7, 11) is 0. The molecule has 1 unspecified atom stereocenters. The lowest BCUT2D eigenvalue weighted by Gasteiger charge is -2.33. The Morgan fingerprint density at radius 1 is 1.33 bits per heavy atom. The summed E-state index contributed by atoms with van der Waals surface area (Å²) in [5.74, 6) is 0.240. The van der Waals surface area contributed by atoms with E-state index in [1.54, 1.807) is 0 Å². The van der Waals surface area contributed by atoms with Crippen molar-refractivity contribution in [3.8, 4) is 0 Å². The Labute approximate surface area is 73.5 Å². The first kappa shape index (κ1) is 11.4. The summed E-state index contributed by atoms with van der Waals surface area (Å²) in [4.78, 5) is 10.2. The van der Waals surface area contributed by atoms with Gasteiger partial charge in [0.15, 0.2) is 0 Å². The third kappa shape index (κ3) is 3.69. The van der Waals surface area contributed by atoms with E-state index >= 15 is 0 Å². The van der Waals surface area contributed by atoms with E-state index in [0.29, 0.717) is 0 Å². The van der Waals surface area contributed by atoms with E-state index in [2.05, 4.69) is 5.32 Å². The number of amides is 1. The maximum atomic E-state index is 12.1. The molecular weight excluding hydrogens is 157 g/mol. The van der Waals surface area contributed by atoms with Gasteiger partial charge in [0.25, 0.3) is 0 Å². The van der Waals surface area contributed by atoms with Gasteiger partial charge in [0.2, 0.25) is 0 Å². The molecule has 2 nitrogen and oxygen atoms in total. The summed E-state index contributed by atoms with van der Waals surface area (Å²) in [6.45, 7) is 9.87. The maximum absolute atomic E-state index is 12.1. The Balaban J connectivity index is 4.35. The molecule has 12 heavy (non-hydrogen) atoms. The Kier molecular flexibility index (Phi) is 3.68. The van der Waals surface area contributed by atoms with E-state index in [4.69, 9.17) is 0 Å². The van der Waals surface area contributed by atoms with E-state index in [9.17, 15) is 9.18 Å². The highest BCUT2D eigenvalue weighted by molar-refractivity contribution is 5.66. The molecule has 3 heteroatoms. The quantitative estimate of drug-likeness (QED) is 0.507. The molecule has 0 heterocycles. The van der Waals surface area contributed by atoms with Crippen LogP contribution in [0.4, 0.5) is 9.18 Å². The van der Waals surface area contributed by atoms with Crippen molar-refractivity contribution in [2.24, 2.45) is 11.3 Å². The maximum Gasteiger partial charge on any atom is 0.397 e. The minimum Gasteiger partial charge on any atom is -0.324 e. The van der Waals surface area contributed by atoms with Crippen molar-refractivity contribution in [3.05, 3.63) is 0 Å². The zero-order valence-electron chi connectivity index (χ0n) is 8.44. The smallest absolute Gasteiger partial charge is 0.324 e.